The van der Waals surface area contributed by atoms with Crippen LogP contribution in [0.15, 0.2) is 21.7 Å². The topological polar surface area (TPSA) is 168 Å². The minimum Gasteiger partial charge on any atom is -0.480 e. The van der Waals surface area contributed by atoms with E-state index in [2.05, 4.69) is 16.0 Å². The van der Waals surface area contributed by atoms with Crippen LogP contribution in [0.2, 0.25) is 0 Å². The molecule has 2 heterocycles. The Labute approximate surface area is 222 Å². The number of likely N-dealkylation sites (N-methyl/N-ethyl adjacent to an activating group) is 1. The number of aliphatic hydroxyl groups excluding tert-OH is 1. The predicted octanol–water partition coefficient (Wildman–Crippen LogP) is 0.845. The van der Waals surface area contributed by atoms with Crippen molar-refractivity contribution in [2.75, 3.05) is 26.7 Å². The maximum absolute atomic E-state index is 12.8. The van der Waals surface area contributed by atoms with Crippen LogP contribution in [0.4, 0.5) is 4.79 Å². The third-order valence-electron chi connectivity index (χ3n) is 6.41. The van der Waals surface area contributed by atoms with Gasteiger partial charge >= 0.3 is 12.0 Å². The number of carbonyl (C=O) groups excluding carboxylic acids is 2. The van der Waals surface area contributed by atoms with Crippen LogP contribution in [0, 0.1) is 5.41 Å². The van der Waals surface area contributed by atoms with Crippen molar-refractivity contribution in [3.63, 3.8) is 0 Å². The summed E-state index contributed by atoms with van der Waals surface area (Å²) < 4.78 is 27.0. The first kappa shape index (κ1) is 31.0. The summed E-state index contributed by atoms with van der Waals surface area (Å²) in [6.07, 6.45) is 0.197. The van der Waals surface area contributed by atoms with Gasteiger partial charge in [-0.3, -0.25) is 14.9 Å². The van der Waals surface area contributed by atoms with Crippen LogP contribution in [0.1, 0.15) is 47.0 Å². The Morgan fingerprint density at radius 2 is 1.97 bits per heavy atom. The summed E-state index contributed by atoms with van der Waals surface area (Å²) in [5.41, 5.74) is -0.490. The molecule has 0 saturated carbocycles. The highest BCUT2D eigenvalue weighted by atomic mass is 32.2. The van der Waals surface area contributed by atoms with E-state index in [-0.39, 0.29) is 23.7 Å². The second kappa shape index (κ2) is 13.0. The van der Waals surface area contributed by atoms with Crippen molar-refractivity contribution >= 4 is 39.3 Å². The van der Waals surface area contributed by atoms with Crippen LogP contribution >= 0.6 is 11.3 Å². The average Bonchev–Trinajstić information content (AvgIpc) is 3.52. The Bertz CT molecular complexity index is 1030. The highest BCUT2D eigenvalue weighted by molar-refractivity contribution is 7.91. The van der Waals surface area contributed by atoms with Crippen molar-refractivity contribution in [1.82, 2.24) is 25.2 Å². The molecule has 14 heteroatoms. The van der Waals surface area contributed by atoms with Gasteiger partial charge in [-0.2, -0.15) is 4.31 Å². The van der Waals surface area contributed by atoms with Gasteiger partial charge < -0.3 is 25.7 Å². The largest absolute Gasteiger partial charge is 0.480 e. The third kappa shape index (κ3) is 8.37. The minimum absolute atomic E-state index is 0.0271. The van der Waals surface area contributed by atoms with Crippen LogP contribution in [0.25, 0.3) is 0 Å². The Balaban J connectivity index is 1.96. The first-order valence-electron chi connectivity index (χ1n) is 12.2. The number of sulfonamides is 1. The highest BCUT2D eigenvalue weighted by Gasteiger charge is 2.36. The van der Waals surface area contributed by atoms with Crippen molar-refractivity contribution in [3.8, 4) is 0 Å². The lowest BCUT2D eigenvalue weighted by atomic mass is 9.87. The Morgan fingerprint density at radius 1 is 1.30 bits per heavy atom. The number of urea groups is 1. The summed E-state index contributed by atoms with van der Waals surface area (Å²) >= 11 is 1.11. The van der Waals surface area contributed by atoms with E-state index in [1.807, 2.05) is 20.8 Å². The van der Waals surface area contributed by atoms with E-state index in [1.165, 1.54) is 22.3 Å². The molecule has 12 nitrogen and oxygen atoms in total. The molecule has 0 radical (unpaired) electrons. The van der Waals surface area contributed by atoms with E-state index in [0.717, 1.165) is 11.3 Å². The number of aliphatic carboxylic acids is 1. The van der Waals surface area contributed by atoms with Crippen molar-refractivity contribution in [2.24, 2.45) is 5.41 Å². The fourth-order valence-corrected chi connectivity index (χ4v) is 6.42. The molecule has 1 aliphatic rings. The number of carboxylic acids is 1. The summed E-state index contributed by atoms with van der Waals surface area (Å²) in [4.78, 5) is 38.2. The van der Waals surface area contributed by atoms with E-state index >= 15 is 0 Å². The predicted molar refractivity (Wildman–Crippen MR) is 140 cm³/mol. The SMILES string of the molecule is CC[C@H](NC(O)[C@@H]1CCCN1C(=O)CNC(=O)NC(CN(C)S(=O)(=O)c1cccs1)C(C)(C)C)C(=O)O. The van der Waals surface area contributed by atoms with Crippen molar-refractivity contribution in [1.29, 1.82) is 0 Å². The number of thiophene rings is 1. The maximum Gasteiger partial charge on any atom is 0.320 e. The molecule has 0 spiro atoms. The molecule has 37 heavy (non-hydrogen) atoms. The lowest BCUT2D eigenvalue weighted by molar-refractivity contribution is -0.141. The number of likely N-dealkylation sites (tertiary alicyclic amines) is 1. The van der Waals surface area contributed by atoms with Crippen LogP contribution in [0.3, 0.4) is 0 Å². The zero-order chi connectivity index (χ0) is 28.0. The molecule has 1 aromatic heterocycles. The number of carbonyl (C=O) groups is 3. The number of rotatable bonds is 12. The van der Waals surface area contributed by atoms with E-state index in [1.54, 1.807) is 18.4 Å². The average molecular weight is 562 g/mol. The lowest BCUT2D eigenvalue weighted by Crippen LogP contribution is -2.56. The molecule has 1 saturated heterocycles. The van der Waals surface area contributed by atoms with Crippen LogP contribution < -0.4 is 16.0 Å². The number of nitrogens with one attached hydrogen (secondary N) is 3. The first-order valence-corrected chi connectivity index (χ1v) is 14.5. The summed E-state index contributed by atoms with van der Waals surface area (Å²) in [6, 6.07) is 0.452. The number of hydrogen-bond donors (Lipinski definition) is 5. The summed E-state index contributed by atoms with van der Waals surface area (Å²) in [6.45, 7) is 7.38. The number of nitrogens with zero attached hydrogens (tertiary/aromatic N) is 2. The van der Waals surface area contributed by atoms with Gasteiger partial charge in [-0.1, -0.05) is 33.8 Å². The molecule has 0 aromatic carbocycles. The fourth-order valence-electron chi connectivity index (χ4n) is 4.03. The molecule has 4 atom stereocenters. The number of hydrogen-bond acceptors (Lipinski definition) is 8. The monoisotopic (exact) mass is 561 g/mol. The second-order valence-electron chi connectivity index (χ2n) is 10.2. The van der Waals surface area contributed by atoms with Gasteiger partial charge in [-0.25, -0.2) is 13.2 Å². The smallest absolute Gasteiger partial charge is 0.320 e. The first-order chi connectivity index (χ1) is 17.2. The molecule has 1 aromatic rings. The Hall–Kier alpha value is -2.26. The van der Waals surface area contributed by atoms with Crippen molar-refractivity contribution in [3.05, 3.63) is 17.5 Å². The molecule has 0 aliphatic carbocycles. The van der Waals surface area contributed by atoms with E-state index < -0.39 is 57.7 Å². The molecular formula is C23H39N5O7S2. The van der Waals surface area contributed by atoms with Crippen LogP contribution in [0.5, 0.6) is 0 Å². The number of carboxylic acid groups (broad SMARTS) is 1. The second-order valence-corrected chi connectivity index (χ2v) is 13.4. The van der Waals surface area contributed by atoms with Gasteiger partial charge in [0.1, 0.15) is 16.5 Å². The van der Waals surface area contributed by atoms with Gasteiger partial charge in [0.15, 0.2) is 0 Å². The van der Waals surface area contributed by atoms with E-state index in [4.69, 9.17) is 0 Å². The normalized spacial score (nSPS) is 18.9. The summed E-state index contributed by atoms with van der Waals surface area (Å²) in [5.74, 6) is -1.50. The molecule has 2 rings (SSSR count). The molecule has 1 aliphatic heterocycles. The van der Waals surface area contributed by atoms with E-state index in [0.29, 0.717) is 19.4 Å². The standard InChI is InChI=1S/C23H39N5O7S2/c1-6-15(21(31)32)25-20(30)16-9-7-11-28(16)18(29)13-24-22(33)26-17(23(2,3)4)14-27(5)37(34,35)19-10-8-12-36-19/h8,10,12,15-17,20,25,30H,6-7,9,11,13-14H2,1-5H3,(H,31,32)(H2,24,26,33)/t15-,16-,17?,20?/m0/s1. The van der Waals surface area contributed by atoms with Gasteiger partial charge in [-0.15, -0.1) is 11.3 Å². The van der Waals surface area contributed by atoms with Gasteiger partial charge in [0.2, 0.25) is 5.91 Å². The Morgan fingerprint density at radius 3 is 2.51 bits per heavy atom. The quantitative estimate of drug-likeness (QED) is 0.234. The number of amides is 3. The van der Waals surface area contributed by atoms with E-state index in [9.17, 15) is 33.0 Å². The van der Waals surface area contributed by atoms with Crippen LogP contribution in [-0.4, -0.2) is 96.8 Å². The summed E-state index contributed by atoms with van der Waals surface area (Å²) in [7, 11) is -2.25. The van der Waals surface area contributed by atoms with Gasteiger partial charge in [0, 0.05) is 26.2 Å². The molecule has 1 fully saturated rings. The molecule has 2 unspecified atom stereocenters. The van der Waals surface area contributed by atoms with Crippen molar-refractivity contribution in [2.45, 2.75) is 75.5 Å². The fraction of sp³-hybridized carbons (Fsp3) is 0.696. The van der Waals surface area contributed by atoms with Crippen molar-refractivity contribution < 1.29 is 33.0 Å². The molecule has 0 bridgehead atoms. The zero-order valence-corrected chi connectivity index (χ0v) is 23.6. The number of aliphatic hydroxyl groups is 1. The Kier molecular flexibility index (Phi) is 10.9. The molecule has 5 N–H and O–H groups in total. The molecule has 3 amide bonds. The minimum atomic E-state index is -3.70. The summed E-state index contributed by atoms with van der Waals surface area (Å²) in [5, 5.41) is 29.4. The van der Waals surface area contributed by atoms with Gasteiger partial charge in [0.05, 0.1) is 12.6 Å². The third-order valence-corrected chi connectivity index (χ3v) is 9.61. The molecular weight excluding hydrogens is 522 g/mol. The zero-order valence-electron chi connectivity index (χ0n) is 21.9. The lowest BCUT2D eigenvalue weighted by Gasteiger charge is -2.34. The maximum atomic E-state index is 12.8. The van der Waals surface area contributed by atoms with Gasteiger partial charge in [0.25, 0.3) is 10.0 Å². The van der Waals surface area contributed by atoms with Gasteiger partial charge in [-0.05, 0) is 36.1 Å². The highest BCUT2D eigenvalue weighted by Crippen LogP contribution is 2.24. The van der Waals surface area contributed by atoms with Crippen LogP contribution in [-0.2, 0) is 19.6 Å². The molecule has 210 valence electrons.